The number of aliphatic hydroxyl groups is 2. The highest BCUT2D eigenvalue weighted by Crippen LogP contribution is 2.45. The van der Waals surface area contributed by atoms with Crippen molar-refractivity contribution in [2.45, 2.75) is 122 Å². The van der Waals surface area contributed by atoms with E-state index in [-0.39, 0.29) is 72.8 Å². The Morgan fingerprint density at radius 1 is 0.654 bits per heavy atom. The number of ether oxygens (including phenoxy) is 8. The summed E-state index contributed by atoms with van der Waals surface area (Å²) >= 11 is 4.64. The van der Waals surface area contributed by atoms with Crippen LogP contribution in [0.15, 0.2) is 73.2 Å². The summed E-state index contributed by atoms with van der Waals surface area (Å²) in [5.41, 5.74) is -4.91. The maximum absolute atomic E-state index is 13.7. The summed E-state index contributed by atoms with van der Waals surface area (Å²) < 4.78 is 58.5. The number of hydrogen-bond acceptors (Lipinski definition) is 21. The van der Waals surface area contributed by atoms with E-state index in [4.69, 9.17) is 46.7 Å². The first-order chi connectivity index (χ1) is 38.1. The van der Waals surface area contributed by atoms with Gasteiger partial charge in [0, 0.05) is 42.9 Å². The molecule has 0 radical (unpaired) electrons. The molecule has 2 aromatic carbocycles. The number of amides is 2. The molecule has 5 aromatic heterocycles. The highest BCUT2D eigenvalue weighted by Gasteiger charge is 2.62. The molecule has 25 nitrogen and oxygen atoms in total. The number of aromatic nitrogens is 3. The third-order valence-electron chi connectivity index (χ3n) is 14.3. The molecule has 6 unspecified atom stereocenters. The normalized spacial score (nSPS) is 23.2. The summed E-state index contributed by atoms with van der Waals surface area (Å²) in [5, 5.41) is 50.6. The third kappa shape index (κ3) is 10.4. The quantitative estimate of drug-likeness (QED) is 0.0265. The lowest BCUT2D eigenvalue weighted by Crippen LogP contribution is -2.70. The van der Waals surface area contributed by atoms with E-state index >= 15 is 0 Å². The Kier molecular flexibility index (Phi) is 15.2. The number of esters is 2. The third-order valence-corrected chi connectivity index (χ3v) is 14.9. The van der Waals surface area contributed by atoms with E-state index in [0.717, 1.165) is 6.20 Å². The molecule has 8 atom stereocenters. The number of aromatic hydroxyl groups is 2. The van der Waals surface area contributed by atoms with Gasteiger partial charge in [-0.15, -0.1) is 12.6 Å². The number of hydrogen-bond donors (Lipinski definition) is 10. The molecule has 2 fully saturated rings. The number of thiol groups is 1. The van der Waals surface area contributed by atoms with Crippen LogP contribution in [0.4, 0.5) is 11.4 Å². The number of nitrogens with one attached hydrogen (secondary N) is 5. The number of aryl methyl sites for hydroxylation is 4. The first-order valence-electron chi connectivity index (χ1n) is 25.1. The second-order valence-corrected chi connectivity index (χ2v) is 21.4. The Labute approximate surface area is 465 Å². The lowest BCUT2D eigenvalue weighted by atomic mass is 9.88. The number of carbonyl (C=O) groups is 4. The highest BCUT2D eigenvalue weighted by molar-refractivity contribution is 7.81. The molecular weight excluding hydrogens is 1080 g/mol. The standard InChI is InChI=1S/C55H59N5O20S/c1-21-12-16-29(57-21)46(67)77-41-38(63)50(79-53(6,7)43(41)71-10)73-31-18-14-27-37(62)35(49(70)76-39(27)24(31)4)60-45(66)33-23(3)28(20-56-33)44(65)59-34-36(61)26-15-19-32(25(5)40(26)75-48(34)69)74-51-42(64)55(81,52(72-11)54(8,9)80-51)78-47(68)30-17-13-22(2)58-30/h12-20,38,41-43,50-52,56-58,61-64,81H,1-11H3,(H,59,65)(H,60,66)/t38-,41?,42?,43?,50?,51?,52?,55+/m1/s1. The van der Waals surface area contributed by atoms with Gasteiger partial charge in [0.2, 0.25) is 17.5 Å². The van der Waals surface area contributed by atoms with Crippen LogP contribution in [0.1, 0.15) is 97.6 Å². The van der Waals surface area contributed by atoms with Gasteiger partial charge in [0.25, 0.3) is 11.8 Å². The number of anilines is 2. The number of fused-ring (bicyclic) bond motifs is 2. The first kappa shape index (κ1) is 57.6. The van der Waals surface area contributed by atoms with Crippen LogP contribution in [0.3, 0.4) is 0 Å². The fourth-order valence-corrected chi connectivity index (χ4v) is 10.8. The summed E-state index contributed by atoms with van der Waals surface area (Å²) in [7, 11) is 2.71. The topological polar surface area (TPSA) is 355 Å². The molecule has 9 N–H and O–H groups in total. The molecule has 0 aliphatic carbocycles. The molecule has 2 amide bonds. The molecule has 26 heteroatoms. The molecule has 9 rings (SSSR count). The summed E-state index contributed by atoms with van der Waals surface area (Å²) in [4.78, 5) is 87.2. The lowest BCUT2D eigenvalue weighted by Gasteiger charge is -2.52. The first-order valence-corrected chi connectivity index (χ1v) is 25.5. The van der Waals surface area contributed by atoms with Crippen molar-refractivity contribution in [3.63, 3.8) is 0 Å². The van der Waals surface area contributed by atoms with E-state index < -0.39 is 117 Å². The minimum absolute atomic E-state index is 0.00973. The summed E-state index contributed by atoms with van der Waals surface area (Å²) in [5.74, 6) is -4.88. The second kappa shape index (κ2) is 21.4. The van der Waals surface area contributed by atoms with Crippen LogP contribution < -0.4 is 31.4 Å². The van der Waals surface area contributed by atoms with Crippen LogP contribution in [0.5, 0.6) is 23.0 Å². The van der Waals surface area contributed by atoms with Crippen molar-refractivity contribution in [1.82, 2.24) is 15.0 Å². The van der Waals surface area contributed by atoms with E-state index in [0.29, 0.717) is 11.4 Å². The van der Waals surface area contributed by atoms with Crippen LogP contribution in [-0.4, -0.2) is 133 Å². The van der Waals surface area contributed by atoms with Crippen LogP contribution in [0.25, 0.3) is 21.9 Å². The number of H-pyrrole nitrogens is 3. The Morgan fingerprint density at radius 3 is 1.67 bits per heavy atom. The molecule has 0 saturated carbocycles. The minimum atomic E-state index is -2.03. The van der Waals surface area contributed by atoms with E-state index in [9.17, 15) is 49.2 Å². The van der Waals surface area contributed by atoms with Crippen molar-refractivity contribution < 1.29 is 86.3 Å². The van der Waals surface area contributed by atoms with Crippen molar-refractivity contribution in [3.8, 4) is 23.0 Å². The van der Waals surface area contributed by atoms with Crippen molar-refractivity contribution in [2.24, 2.45) is 0 Å². The van der Waals surface area contributed by atoms with Crippen molar-refractivity contribution >= 4 is 69.7 Å². The zero-order valence-corrected chi connectivity index (χ0v) is 46.4. The number of aliphatic hydroxyl groups excluding tert-OH is 2. The average molecular weight is 1140 g/mol. The van der Waals surface area contributed by atoms with Gasteiger partial charge in [0.1, 0.15) is 52.0 Å². The molecule has 2 saturated heterocycles. The minimum Gasteiger partial charge on any atom is -0.505 e. The Balaban J connectivity index is 0.896. The van der Waals surface area contributed by atoms with Gasteiger partial charge in [-0.25, -0.2) is 19.2 Å². The van der Waals surface area contributed by atoms with Crippen molar-refractivity contribution in [1.29, 1.82) is 0 Å². The maximum atomic E-state index is 13.7. The smallest absolute Gasteiger partial charge is 0.364 e. The van der Waals surface area contributed by atoms with Crippen LogP contribution in [0, 0.1) is 34.6 Å². The Hall–Kier alpha value is -8.11. The largest absolute Gasteiger partial charge is 0.505 e. The Bertz CT molecular complexity index is 3780. The molecule has 81 heavy (non-hydrogen) atoms. The number of methoxy groups -OCH3 is 2. The average Bonchev–Trinajstić information content (AvgIpc) is 4.34. The van der Waals surface area contributed by atoms with Gasteiger partial charge in [0.05, 0.1) is 27.5 Å². The highest BCUT2D eigenvalue weighted by atomic mass is 32.1. The molecule has 430 valence electrons. The fourth-order valence-electron chi connectivity index (χ4n) is 10.2. The van der Waals surface area contributed by atoms with Gasteiger partial charge < -0.3 is 92.7 Å². The van der Waals surface area contributed by atoms with Gasteiger partial charge in [0.15, 0.2) is 41.2 Å². The summed E-state index contributed by atoms with van der Waals surface area (Å²) in [6.45, 7) is 14.4. The number of benzene rings is 2. The van der Waals surface area contributed by atoms with Gasteiger partial charge in [-0.1, -0.05) is 0 Å². The zero-order valence-electron chi connectivity index (χ0n) is 45.5. The van der Waals surface area contributed by atoms with E-state index in [1.807, 2.05) is 0 Å². The number of rotatable bonds is 14. The maximum Gasteiger partial charge on any atom is 0.364 e. The molecule has 7 aromatic rings. The van der Waals surface area contributed by atoms with E-state index in [2.05, 4.69) is 38.2 Å². The van der Waals surface area contributed by atoms with Gasteiger partial charge >= 0.3 is 23.2 Å². The van der Waals surface area contributed by atoms with Gasteiger partial charge in [-0.05, 0) is 116 Å². The fraction of sp³-hybridized carbons (Fsp3) is 0.382. The number of aromatic amines is 3. The second-order valence-electron chi connectivity index (χ2n) is 20.7. The predicted molar refractivity (Wildman–Crippen MR) is 289 cm³/mol. The van der Waals surface area contributed by atoms with Crippen molar-refractivity contribution in [3.05, 3.63) is 126 Å². The molecule has 7 heterocycles. The van der Waals surface area contributed by atoms with Crippen LogP contribution in [0.2, 0.25) is 0 Å². The van der Waals surface area contributed by atoms with Crippen LogP contribution >= 0.6 is 12.6 Å². The summed E-state index contributed by atoms with van der Waals surface area (Å²) in [6, 6.07) is 11.8. The summed E-state index contributed by atoms with van der Waals surface area (Å²) in [6.07, 6.45) is -8.58. The monoisotopic (exact) mass is 1140 g/mol. The molecule has 0 bridgehead atoms. The molecule has 0 spiro atoms. The van der Waals surface area contributed by atoms with Gasteiger partial charge in [-0.3, -0.25) is 9.59 Å². The lowest BCUT2D eigenvalue weighted by molar-refractivity contribution is -0.314. The Morgan fingerprint density at radius 2 is 1.16 bits per heavy atom. The zero-order chi connectivity index (χ0) is 58.9. The van der Waals surface area contributed by atoms with Crippen molar-refractivity contribution in [2.75, 3.05) is 24.9 Å². The van der Waals surface area contributed by atoms with Crippen LogP contribution in [-0.2, 0) is 28.4 Å². The molecule has 2 aliphatic heterocycles. The molecule has 2 aliphatic rings. The SMILES string of the molecule is COC1C(OC(=O)c2ccc(C)[nH]2)[C@@H](O)C(Oc2ccc3c(O)c(NC(=O)c4[nH]cc(C(=O)Nc5c(O)c6ccc(OC7OC(C)(C)C(OC)[C@](S)(OC(=O)c8ccc(C)[nH]8)C7O)c(C)c6oc5=O)c4C)c(=O)oc3c2C)OC1(C)C. The predicted octanol–water partition coefficient (Wildman–Crippen LogP) is 5.83. The van der Waals surface area contributed by atoms with E-state index in [1.54, 1.807) is 53.7 Å². The van der Waals surface area contributed by atoms with Gasteiger partial charge in [-0.2, -0.15) is 0 Å². The van der Waals surface area contributed by atoms with E-state index in [1.165, 1.54) is 71.4 Å². The molecular formula is C55H59N5O20S. The number of carbonyl (C=O) groups excluding carboxylic acids is 4.